The van der Waals surface area contributed by atoms with Crippen LogP contribution in [0, 0.1) is 0 Å². The number of hydrogen-bond acceptors (Lipinski definition) is 5. The Morgan fingerprint density at radius 1 is 1.40 bits per heavy atom. The second-order valence-electron chi connectivity index (χ2n) is 4.64. The van der Waals surface area contributed by atoms with Crippen molar-refractivity contribution in [3.8, 4) is 0 Å². The van der Waals surface area contributed by atoms with Gasteiger partial charge in [0, 0.05) is 12.2 Å². The first kappa shape index (κ1) is 16.4. The molecule has 0 saturated carbocycles. The van der Waals surface area contributed by atoms with E-state index in [0.29, 0.717) is 12.2 Å². The molecular formula is C12H19N3O4S. The summed E-state index contributed by atoms with van der Waals surface area (Å²) < 4.78 is 22.4. The number of nitrogens with two attached hydrogens (primary N) is 1. The van der Waals surface area contributed by atoms with Crippen LogP contribution < -0.4 is 10.5 Å². The molecule has 0 heterocycles. The van der Waals surface area contributed by atoms with Crippen LogP contribution >= 0.6 is 0 Å². The highest BCUT2D eigenvalue weighted by molar-refractivity contribution is 7.89. The molecule has 0 spiro atoms. The van der Waals surface area contributed by atoms with E-state index in [1.54, 1.807) is 0 Å². The van der Waals surface area contributed by atoms with E-state index in [1.807, 2.05) is 19.0 Å². The molecule has 0 bridgehead atoms. The molecule has 0 aliphatic rings. The van der Waals surface area contributed by atoms with Crippen LogP contribution in [0.4, 0.5) is 5.69 Å². The van der Waals surface area contributed by atoms with Crippen LogP contribution in [0.3, 0.4) is 0 Å². The van der Waals surface area contributed by atoms with Gasteiger partial charge in [-0.1, -0.05) is 0 Å². The number of hydrogen-bond donors (Lipinski definition) is 3. The molecule has 0 atom stereocenters. The van der Waals surface area contributed by atoms with Crippen molar-refractivity contribution in [2.45, 2.75) is 11.3 Å². The predicted molar refractivity (Wildman–Crippen MR) is 76.4 cm³/mol. The number of carboxylic acids is 1. The van der Waals surface area contributed by atoms with E-state index >= 15 is 0 Å². The Hall–Kier alpha value is -1.64. The van der Waals surface area contributed by atoms with E-state index in [0.717, 1.165) is 19.0 Å². The fourth-order valence-corrected chi connectivity index (χ4v) is 2.19. The SMILES string of the molecule is CN(C)CCCNc1ccc(S(N)(=O)=O)cc1C(=O)O. The van der Waals surface area contributed by atoms with Gasteiger partial charge in [-0.3, -0.25) is 0 Å². The summed E-state index contributed by atoms with van der Waals surface area (Å²) in [4.78, 5) is 13.0. The maximum atomic E-state index is 11.2. The van der Waals surface area contributed by atoms with E-state index in [2.05, 4.69) is 5.32 Å². The van der Waals surface area contributed by atoms with Crippen molar-refractivity contribution in [1.29, 1.82) is 0 Å². The van der Waals surface area contributed by atoms with Gasteiger partial charge in [-0.05, 0) is 45.3 Å². The van der Waals surface area contributed by atoms with E-state index in [1.165, 1.54) is 12.1 Å². The lowest BCUT2D eigenvalue weighted by molar-refractivity contribution is 0.0697. The number of nitrogens with zero attached hydrogens (tertiary/aromatic N) is 1. The second kappa shape index (κ2) is 6.69. The smallest absolute Gasteiger partial charge is 0.337 e. The fraction of sp³-hybridized carbons (Fsp3) is 0.417. The summed E-state index contributed by atoms with van der Waals surface area (Å²) in [5.41, 5.74) is 0.269. The molecule has 112 valence electrons. The molecule has 0 unspecified atom stereocenters. The van der Waals surface area contributed by atoms with E-state index < -0.39 is 16.0 Å². The third-order valence-electron chi connectivity index (χ3n) is 2.65. The van der Waals surface area contributed by atoms with Gasteiger partial charge in [0.1, 0.15) is 0 Å². The fourth-order valence-electron chi connectivity index (χ4n) is 1.65. The third kappa shape index (κ3) is 4.80. The van der Waals surface area contributed by atoms with Crippen LogP contribution in [0.2, 0.25) is 0 Å². The van der Waals surface area contributed by atoms with Crippen molar-refractivity contribution >= 4 is 21.7 Å². The molecule has 20 heavy (non-hydrogen) atoms. The number of nitrogens with one attached hydrogen (secondary N) is 1. The monoisotopic (exact) mass is 301 g/mol. The molecule has 0 aliphatic carbocycles. The highest BCUT2D eigenvalue weighted by Crippen LogP contribution is 2.20. The van der Waals surface area contributed by atoms with Gasteiger partial charge in [0.15, 0.2) is 0 Å². The summed E-state index contributed by atoms with van der Waals surface area (Å²) in [5, 5.41) is 17.1. The summed E-state index contributed by atoms with van der Waals surface area (Å²) in [6.45, 7) is 1.46. The lowest BCUT2D eigenvalue weighted by Gasteiger charge is -2.13. The molecule has 1 aromatic carbocycles. The van der Waals surface area contributed by atoms with Gasteiger partial charge in [0.05, 0.1) is 10.5 Å². The molecule has 7 nitrogen and oxygen atoms in total. The second-order valence-corrected chi connectivity index (χ2v) is 6.20. The highest BCUT2D eigenvalue weighted by Gasteiger charge is 2.15. The van der Waals surface area contributed by atoms with E-state index in [4.69, 9.17) is 10.2 Å². The number of aromatic carboxylic acids is 1. The number of benzene rings is 1. The average molecular weight is 301 g/mol. The number of carbonyl (C=O) groups is 1. The normalized spacial score (nSPS) is 11.6. The molecule has 0 fully saturated rings. The summed E-state index contributed by atoms with van der Waals surface area (Å²) in [5.74, 6) is -1.20. The van der Waals surface area contributed by atoms with Gasteiger partial charge >= 0.3 is 5.97 Å². The zero-order valence-corrected chi connectivity index (χ0v) is 12.3. The first-order chi connectivity index (χ1) is 9.21. The summed E-state index contributed by atoms with van der Waals surface area (Å²) in [6, 6.07) is 3.76. The minimum atomic E-state index is -3.91. The van der Waals surface area contributed by atoms with Gasteiger partial charge in [0.2, 0.25) is 10.0 Å². The van der Waals surface area contributed by atoms with Crippen LogP contribution in [0.25, 0.3) is 0 Å². The Morgan fingerprint density at radius 2 is 2.05 bits per heavy atom. The maximum Gasteiger partial charge on any atom is 0.337 e. The molecule has 1 rings (SSSR count). The van der Waals surface area contributed by atoms with Crippen LogP contribution in [0.15, 0.2) is 23.1 Å². The van der Waals surface area contributed by atoms with E-state index in [9.17, 15) is 13.2 Å². The van der Waals surface area contributed by atoms with Gasteiger partial charge in [-0.25, -0.2) is 18.4 Å². The lowest BCUT2D eigenvalue weighted by Crippen LogP contribution is -2.18. The van der Waals surface area contributed by atoms with Crippen LogP contribution in [0.5, 0.6) is 0 Å². The molecule has 0 amide bonds. The van der Waals surface area contributed by atoms with Crippen molar-refractivity contribution in [2.24, 2.45) is 5.14 Å². The molecule has 0 aliphatic heterocycles. The van der Waals surface area contributed by atoms with Gasteiger partial charge in [-0.15, -0.1) is 0 Å². The predicted octanol–water partition coefficient (Wildman–Crippen LogP) is 0.396. The number of rotatable bonds is 7. The maximum absolute atomic E-state index is 11.2. The lowest BCUT2D eigenvalue weighted by atomic mass is 10.1. The first-order valence-electron chi connectivity index (χ1n) is 6.00. The molecule has 1 aromatic rings. The van der Waals surface area contributed by atoms with Gasteiger partial charge in [-0.2, -0.15) is 0 Å². The Labute approximate surface area is 118 Å². The Kier molecular flexibility index (Phi) is 5.49. The van der Waals surface area contributed by atoms with Crippen molar-refractivity contribution < 1.29 is 18.3 Å². The molecular weight excluding hydrogens is 282 g/mol. The van der Waals surface area contributed by atoms with Crippen molar-refractivity contribution in [1.82, 2.24) is 4.90 Å². The van der Waals surface area contributed by atoms with Crippen molar-refractivity contribution in [2.75, 3.05) is 32.5 Å². The molecule has 4 N–H and O–H groups in total. The number of anilines is 1. The number of primary sulfonamides is 1. The highest BCUT2D eigenvalue weighted by atomic mass is 32.2. The Bertz CT molecular complexity index is 584. The number of carboxylic acid groups (broad SMARTS) is 1. The Morgan fingerprint density at radius 3 is 2.55 bits per heavy atom. The first-order valence-corrected chi connectivity index (χ1v) is 7.55. The third-order valence-corrected chi connectivity index (χ3v) is 3.56. The van der Waals surface area contributed by atoms with Crippen LogP contribution in [0.1, 0.15) is 16.8 Å². The topological polar surface area (TPSA) is 113 Å². The van der Waals surface area contributed by atoms with Crippen LogP contribution in [-0.2, 0) is 10.0 Å². The largest absolute Gasteiger partial charge is 0.478 e. The molecule has 0 radical (unpaired) electrons. The zero-order chi connectivity index (χ0) is 15.3. The van der Waals surface area contributed by atoms with Gasteiger partial charge in [0.25, 0.3) is 0 Å². The minimum absolute atomic E-state index is 0.110. The quantitative estimate of drug-likeness (QED) is 0.628. The molecule has 0 aromatic heterocycles. The number of sulfonamides is 1. The summed E-state index contributed by atoms with van der Waals surface area (Å²) in [7, 11) is -0.0138. The summed E-state index contributed by atoms with van der Waals surface area (Å²) in [6.07, 6.45) is 0.836. The van der Waals surface area contributed by atoms with Crippen LogP contribution in [-0.4, -0.2) is 51.6 Å². The van der Waals surface area contributed by atoms with Crippen molar-refractivity contribution in [3.05, 3.63) is 23.8 Å². The standard InChI is InChI=1S/C12H19N3O4S/c1-15(2)7-3-6-14-11-5-4-9(20(13,18)19)8-10(11)12(16)17/h4-5,8,14H,3,6-7H2,1-2H3,(H,16,17)(H2,13,18,19). The van der Waals surface area contributed by atoms with Crippen molar-refractivity contribution in [3.63, 3.8) is 0 Å². The average Bonchev–Trinajstić information content (AvgIpc) is 2.33. The molecule has 0 saturated heterocycles. The van der Waals surface area contributed by atoms with E-state index in [-0.39, 0.29) is 10.5 Å². The zero-order valence-electron chi connectivity index (χ0n) is 11.5. The molecule has 8 heteroatoms. The summed E-state index contributed by atoms with van der Waals surface area (Å²) >= 11 is 0. The van der Waals surface area contributed by atoms with Gasteiger partial charge < -0.3 is 15.3 Å². The minimum Gasteiger partial charge on any atom is -0.478 e. The Balaban J connectivity index is 2.89.